The molecule has 3 rings (SSSR count). The minimum absolute atomic E-state index is 0.0778. The maximum Gasteiger partial charge on any atom is 0.259 e. The third-order valence-corrected chi connectivity index (χ3v) is 5.84. The number of piperazine rings is 1. The van der Waals surface area contributed by atoms with Crippen molar-refractivity contribution >= 4 is 0 Å². The van der Waals surface area contributed by atoms with Gasteiger partial charge in [-0.25, -0.2) is 0 Å². The molecule has 2 heterocycles. The van der Waals surface area contributed by atoms with Crippen LogP contribution in [0.3, 0.4) is 0 Å². The van der Waals surface area contributed by atoms with E-state index < -0.39 is 0 Å². The molecule has 1 aliphatic rings. The van der Waals surface area contributed by atoms with E-state index in [4.69, 9.17) is 4.74 Å². The Bertz CT molecular complexity index is 868. The number of aromatic hydroxyl groups is 1. The van der Waals surface area contributed by atoms with Crippen molar-refractivity contribution in [2.24, 2.45) is 0 Å². The Morgan fingerprint density at radius 3 is 2.24 bits per heavy atom. The first-order valence-electron chi connectivity index (χ1n) is 10.6. The average molecular weight is 400 g/mol. The molecule has 0 bridgehead atoms. The van der Waals surface area contributed by atoms with Crippen molar-refractivity contribution in [1.29, 1.82) is 0 Å². The minimum Gasteiger partial charge on any atom is -0.507 e. The van der Waals surface area contributed by atoms with Gasteiger partial charge in [0.1, 0.15) is 11.5 Å². The van der Waals surface area contributed by atoms with Gasteiger partial charge in [-0.15, -0.1) is 0 Å². The minimum atomic E-state index is -0.282. The van der Waals surface area contributed by atoms with Crippen molar-refractivity contribution in [2.45, 2.75) is 40.3 Å². The van der Waals surface area contributed by atoms with Gasteiger partial charge < -0.3 is 19.3 Å². The average Bonchev–Trinajstić information content (AvgIpc) is 2.72. The van der Waals surface area contributed by atoms with E-state index in [1.165, 1.54) is 0 Å². The van der Waals surface area contributed by atoms with Gasteiger partial charge in [-0.05, 0) is 51.1 Å². The highest BCUT2D eigenvalue weighted by molar-refractivity contribution is 5.42. The molecule has 29 heavy (non-hydrogen) atoms. The lowest BCUT2D eigenvalue weighted by Gasteiger charge is -2.39. The van der Waals surface area contributed by atoms with Crippen LogP contribution in [-0.2, 0) is 6.54 Å². The van der Waals surface area contributed by atoms with E-state index in [0.29, 0.717) is 18.7 Å². The van der Waals surface area contributed by atoms with E-state index in [9.17, 15) is 9.90 Å². The van der Waals surface area contributed by atoms with Crippen molar-refractivity contribution < 1.29 is 9.84 Å². The summed E-state index contributed by atoms with van der Waals surface area (Å²) in [6.45, 7) is 13.8. The molecule has 1 aromatic carbocycles. The quantitative estimate of drug-likeness (QED) is 0.776. The molecule has 1 aromatic heterocycles. The predicted octanol–water partition coefficient (Wildman–Crippen LogP) is 3.01. The number of nitrogens with zero attached hydrogens (tertiary/aromatic N) is 3. The Labute approximate surface area is 173 Å². The summed E-state index contributed by atoms with van der Waals surface area (Å²) in [7, 11) is 0. The third kappa shape index (κ3) is 4.49. The van der Waals surface area contributed by atoms with E-state index in [1.54, 1.807) is 10.6 Å². The molecule has 2 aromatic rings. The summed E-state index contributed by atoms with van der Waals surface area (Å²) in [6.07, 6.45) is 0. The molecule has 0 saturated carbocycles. The van der Waals surface area contributed by atoms with E-state index in [-0.39, 0.29) is 17.4 Å². The molecule has 1 aliphatic heterocycles. The zero-order valence-electron chi connectivity index (χ0n) is 18.0. The maximum atomic E-state index is 13.3. The lowest BCUT2D eigenvalue weighted by molar-refractivity contribution is 0.111. The number of hydrogen-bond acceptors (Lipinski definition) is 5. The summed E-state index contributed by atoms with van der Waals surface area (Å²) < 4.78 is 7.32. The molecule has 0 unspecified atom stereocenters. The topological polar surface area (TPSA) is 57.9 Å². The first-order valence-corrected chi connectivity index (χ1v) is 10.6. The normalized spacial score (nSPS) is 16.7. The standard InChI is InChI=1S/C23H33N3O3/c1-5-24-12-14-25(15-13-24)22(18-8-10-19(11-9-18)29-7-3)21-20(27)16-17(4)26(6-2)23(21)28/h8-11,16,22,27H,5-7,12-15H2,1-4H3/t22-/m0/s1. The number of likely N-dealkylation sites (N-methyl/N-ethyl adjacent to an activating group) is 1. The van der Waals surface area contributed by atoms with Gasteiger partial charge in [0, 0.05) is 38.4 Å². The lowest BCUT2D eigenvalue weighted by Crippen LogP contribution is -2.48. The monoisotopic (exact) mass is 399 g/mol. The Balaban J connectivity index is 2.08. The highest BCUT2D eigenvalue weighted by atomic mass is 16.5. The molecule has 1 fully saturated rings. The second-order valence-electron chi connectivity index (χ2n) is 7.51. The fourth-order valence-corrected chi connectivity index (χ4v) is 4.23. The molecule has 158 valence electrons. The molecule has 6 heteroatoms. The zero-order chi connectivity index (χ0) is 21.0. The van der Waals surface area contributed by atoms with Crippen LogP contribution in [0, 0.1) is 6.92 Å². The number of rotatable bonds is 7. The lowest BCUT2D eigenvalue weighted by atomic mass is 9.96. The largest absolute Gasteiger partial charge is 0.507 e. The first-order chi connectivity index (χ1) is 14.0. The fourth-order valence-electron chi connectivity index (χ4n) is 4.23. The molecular formula is C23H33N3O3. The van der Waals surface area contributed by atoms with Crippen LogP contribution in [0.5, 0.6) is 11.5 Å². The van der Waals surface area contributed by atoms with E-state index in [2.05, 4.69) is 16.7 Å². The van der Waals surface area contributed by atoms with Gasteiger partial charge in [-0.1, -0.05) is 19.1 Å². The SMILES string of the molecule is CCOc1ccc([C@@H](c2c(O)cc(C)n(CC)c2=O)N2CCN(CC)CC2)cc1. The van der Waals surface area contributed by atoms with Gasteiger partial charge in [0.05, 0.1) is 18.2 Å². The van der Waals surface area contributed by atoms with Crippen LogP contribution in [-0.4, -0.2) is 58.8 Å². The number of hydrogen-bond donors (Lipinski definition) is 1. The smallest absolute Gasteiger partial charge is 0.259 e. The molecule has 0 radical (unpaired) electrons. The van der Waals surface area contributed by atoms with Crippen molar-refractivity contribution in [3.8, 4) is 11.5 Å². The van der Waals surface area contributed by atoms with Crippen molar-refractivity contribution in [3.63, 3.8) is 0 Å². The number of ether oxygens (including phenoxy) is 1. The van der Waals surface area contributed by atoms with Crippen LogP contribution in [0.25, 0.3) is 0 Å². The van der Waals surface area contributed by atoms with Crippen LogP contribution >= 0.6 is 0 Å². The van der Waals surface area contributed by atoms with Crippen LogP contribution in [0.4, 0.5) is 0 Å². The summed E-state index contributed by atoms with van der Waals surface area (Å²) in [5, 5.41) is 10.8. The van der Waals surface area contributed by atoms with E-state index in [0.717, 1.165) is 49.7 Å². The van der Waals surface area contributed by atoms with Crippen LogP contribution in [0.15, 0.2) is 35.1 Å². The fraction of sp³-hybridized carbons (Fsp3) is 0.522. The van der Waals surface area contributed by atoms with Gasteiger partial charge in [0.2, 0.25) is 0 Å². The van der Waals surface area contributed by atoms with Crippen LogP contribution in [0.1, 0.15) is 43.6 Å². The summed E-state index contributed by atoms with van der Waals surface area (Å²) in [5.74, 6) is 0.888. The van der Waals surface area contributed by atoms with Crippen LogP contribution in [0.2, 0.25) is 0 Å². The van der Waals surface area contributed by atoms with Crippen LogP contribution < -0.4 is 10.3 Å². The second kappa shape index (κ2) is 9.46. The summed E-state index contributed by atoms with van der Waals surface area (Å²) in [5.41, 5.74) is 2.13. The molecule has 0 spiro atoms. The summed E-state index contributed by atoms with van der Waals surface area (Å²) in [6, 6.07) is 9.34. The molecule has 0 aliphatic carbocycles. The molecule has 0 amide bonds. The number of benzene rings is 1. The van der Waals surface area contributed by atoms with E-state index >= 15 is 0 Å². The summed E-state index contributed by atoms with van der Waals surface area (Å²) in [4.78, 5) is 18.1. The number of aryl methyl sites for hydroxylation is 1. The number of aromatic nitrogens is 1. The Morgan fingerprint density at radius 2 is 1.69 bits per heavy atom. The maximum absolute atomic E-state index is 13.3. The van der Waals surface area contributed by atoms with Gasteiger partial charge >= 0.3 is 0 Å². The second-order valence-corrected chi connectivity index (χ2v) is 7.51. The van der Waals surface area contributed by atoms with Gasteiger partial charge in [0.15, 0.2) is 0 Å². The van der Waals surface area contributed by atoms with Crippen molar-refractivity contribution in [1.82, 2.24) is 14.4 Å². The van der Waals surface area contributed by atoms with Gasteiger partial charge in [-0.2, -0.15) is 0 Å². The third-order valence-electron chi connectivity index (χ3n) is 5.84. The number of pyridine rings is 1. The first kappa shape index (κ1) is 21.4. The summed E-state index contributed by atoms with van der Waals surface area (Å²) >= 11 is 0. The highest BCUT2D eigenvalue weighted by Gasteiger charge is 2.31. The molecule has 6 nitrogen and oxygen atoms in total. The highest BCUT2D eigenvalue weighted by Crippen LogP contribution is 2.34. The van der Waals surface area contributed by atoms with Crippen molar-refractivity contribution in [3.05, 3.63) is 57.5 Å². The predicted molar refractivity (Wildman–Crippen MR) is 116 cm³/mol. The molecule has 1 saturated heterocycles. The molecular weight excluding hydrogens is 366 g/mol. The zero-order valence-corrected chi connectivity index (χ0v) is 18.0. The molecule has 1 atom stereocenters. The van der Waals surface area contributed by atoms with E-state index in [1.807, 2.05) is 45.0 Å². The Hall–Kier alpha value is -2.31. The Morgan fingerprint density at radius 1 is 1.03 bits per heavy atom. The molecule has 1 N–H and O–H groups in total. The van der Waals surface area contributed by atoms with Crippen molar-refractivity contribution in [2.75, 3.05) is 39.3 Å². The van der Waals surface area contributed by atoms with Gasteiger partial charge in [0.25, 0.3) is 5.56 Å². The Kier molecular flexibility index (Phi) is 6.98. The van der Waals surface area contributed by atoms with Gasteiger partial charge in [-0.3, -0.25) is 9.69 Å².